The maximum Gasteiger partial charge on any atom is 0.140 e. The zero-order chi connectivity index (χ0) is 10.1. The van der Waals surface area contributed by atoms with Crippen molar-refractivity contribution >= 4 is 34.0 Å². The van der Waals surface area contributed by atoms with Gasteiger partial charge in [0, 0.05) is 16.6 Å². The number of hydrogen-bond donors (Lipinski definition) is 0. The smallest absolute Gasteiger partial charge is 0.140 e. The van der Waals surface area contributed by atoms with Crippen LogP contribution in [0.1, 0.15) is 0 Å². The summed E-state index contributed by atoms with van der Waals surface area (Å²) < 4.78 is 5.18. The van der Waals surface area contributed by atoms with E-state index >= 15 is 0 Å². The Morgan fingerprint density at radius 2 is 2.00 bits per heavy atom. The Kier molecular flexibility index (Phi) is 2.48. The van der Waals surface area contributed by atoms with E-state index in [9.17, 15) is 0 Å². The molecule has 1 heterocycles. The van der Waals surface area contributed by atoms with Crippen LogP contribution in [-0.4, -0.2) is 12.1 Å². The molecule has 0 radical (unpaired) electrons. The van der Waals surface area contributed by atoms with Crippen molar-refractivity contribution in [3.63, 3.8) is 0 Å². The second-order valence-electron chi connectivity index (χ2n) is 2.77. The van der Waals surface area contributed by atoms with E-state index in [0.29, 0.717) is 15.9 Å². The molecule has 4 heteroatoms. The Hall–Kier alpha value is -0.990. The summed E-state index contributed by atoms with van der Waals surface area (Å²) >= 11 is 12.0. The van der Waals surface area contributed by atoms with Gasteiger partial charge in [-0.1, -0.05) is 23.2 Å². The van der Waals surface area contributed by atoms with Crippen LogP contribution in [0.3, 0.4) is 0 Å². The van der Waals surface area contributed by atoms with Crippen LogP contribution in [0.15, 0.2) is 24.4 Å². The largest absolute Gasteiger partial charge is 0.496 e. The van der Waals surface area contributed by atoms with Gasteiger partial charge >= 0.3 is 0 Å². The van der Waals surface area contributed by atoms with Crippen molar-refractivity contribution in [1.82, 2.24) is 4.98 Å². The number of pyridine rings is 1. The molecule has 2 aromatic rings. The minimum absolute atomic E-state index is 0.404. The van der Waals surface area contributed by atoms with E-state index in [1.807, 2.05) is 6.07 Å². The lowest BCUT2D eigenvalue weighted by atomic mass is 10.1. The van der Waals surface area contributed by atoms with Gasteiger partial charge in [-0.05, 0) is 18.2 Å². The average Bonchev–Trinajstić information content (AvgIpc) is 2.20. The van der Waals surface area contributed by atoms with Crippen LogP contribution >= 0.6 is 23.2 Å². The van der Waals surface area contributed by atoms with Crippen molar-refractivity contribution in [1.29, 1.82) is 0 Å². The third-order valence-corrected chi connectivity index (χ3v) is 2.63. The highest BCUT2D eigenvalue weighted by atomic mass is 35.5. The van der Waals surface area contributed by atoms with Gasteiger partial charge in [0.15, 0.2) is 0 Å². The van der Waals surface area contributed by atoms with Gasteiger partial charge in [-0.2, -0.15) is 0 Å². The third kappa shape index (κ3) is 1.41. The Labute approximate surface area is 91.4 Å². The summed E-state index contributed by atoms with van der Waals surface area (Å²) in [6, 6.07) is 5.36. The molecule has 0 N–H and O–H groups in total. The second kappa shape index (κ2) is 3.64. The fourth-order valence-corrected chi connectivity index (χ4v) is 1.83. The van der Waals surface area contributed by atoms with Crippen molar-refractivity contribution in [3.8, 4) is 5.75 Å². The third-order valence-electron chi connectivity index (χ3n) is 2.01. The SMILES string of the molecule is COc1ccc(Cl)c2ccnc(Cl)c12. The first-order valence-corrected chi connectivity index (χ1v) is 4.76. The van der Waals surface area contributed by atoms with Crippen LogP contribution in [0.5, 0.6) is 5.75 Å². The van der Waals surface area contributed by atoms with Crippen LogP contribution in [0.4, 0.5) is 0 Å². The fraction of sp³-hybridized carbons (Fsp3) is 0.100. The molecule has 0 aliphatic heterocycles. The molecule has 0 amide bonds. The van der Waals surface area contributed by atoms with Gasteiger partial charge in [0.25, 0.3) is 0 Å². The van der Waals surface area contributed by atoms with Crippen LogP contribution < -0.4 is 4.74 Å². The number of ether oxygens (including phenoxy) is 1. The van der Waals surface area contributed by atoms with E-state index in [2.05, 4.69) is 4.98 Å². The van der Waals surface area contributed by atoms with E-state index in [-0.39, 0.29) is 0 Å². The number of benzene rings is 1. The van der Waals surface area contributed by atoms with Gasteiger partial charge in [-0.25, -0.2) is 4.98 Å². The van der Waals surface area contributed by atoms with Gasteiger partial charge in [0.1, 0.15) is 10.9 Å². The highest BCUT2D eigenvalue weighted by Crippen LogP contribution is 2.34. The van der Waals surface area contributed by atoms with Crippen molar-refractivity contribution in [2.45, 2.75) is 0 Å². The second-order valence-corrected chi connectivity index (χ2v) is 3.54. The maximum atomic E-state index is 6.02. The first-order chi connectivity index (χ1) is 6.74. The molecule has 2 rings (SSSR count). The van der Waals surface area contributed by atoms with E-state index < -0.39 is 0 Å². The highest BCUT2D eigenvalue weighted by molar-refractivity contribution is 6.39. The Morgan fingerprint density at radius 3 is 2.71 bits per heavy atom. The molecule has 14 heavy (non-hydrogen) atoms. The number of hydrogen-bond acceptors (Lipinski definition) is 2. The minimum Gasteiger partial charge on any atom is -0.496 e. The van der Waals surface area contributed by atoms with Gasteiger partial charge in [0.2, 0.25) is 0 Å². The molecule has 1 aromatic carbocycles. The first kappa shape index (κ1) is 9.56. The Bertz CT molecular complexity index is 485. The number of rotatable bonds is 1. The summed E-state index contributed by atoms with van der Waals surface area (Å²) in [4.78, 5) is 3.98. The molecule has 0 aliphatic rings. The Balaban J connectivity index is 2.92. The van der Waals surface area contributed by atoms with E-state index in [1.165, 1.54) is 0 Å². The lowest BCUT2D eigenvalue weighted by Crippen LogP contribution is -1.87. The van der Waals surface area contributed by atoms with Gasteiger partial charge in [0.05, 0.1) is 12.5 Å². The predicted molar refractivity (Wildman–Crippen MR) is 58.3 cm³/mol. The summed E-state index contributed by atoms with van der Waals surface area (Å²) in [6.07, 6.45) is 1.62. The normalized spacial score (nSPS) is 10.5. The van der Waals surface area contributed by atoms with E-state index in [4.69, 9.17) is 27.9 Å². The molecule has 0 aliphatic carbocycles. The van der Waals surface area contributed by atoms with Crippen LogP contribution in [0, 0.1) is 0 Å². The molecule has 0 saturated carbocycles. The molecule has 0 atom stereocenters. The molecule has 1 aromatic heterocycles. The summed E-state index contributed by atoms with van der Waals surface area (Å²) in [5, 5.41) is 2.65. The quantitative estimate of drug-likeness (QED) is 0.696. The number of aromatic nitrogens is 1. The van der Waals surface area contributed by atoms with E-state index in [0.717, 1.165) is 10.8 Å². The molecule has 0 fully saturated rings. The molecule has 0 unspecified atom stereocenters. The first-order valence-electron chi connectivity index (χ1n) is 4.00. The minimum atomic E-state index is 0.404. The summed E-state index contributed by atoms with van der Waals surface area (Å²) in [6.45, 7) is 0. The van der Waals surface area contributed by atoms with Crippen molar-refractivity contribution < 1.29 is 4.74 Å². The molecule has 0 bridgehead atoms. The summed E-state index contributed by atoms with van der Waals surface area (Å²) in [5.41, 5.74) is 0. The molecular formula is C10H7Cl2NO. The lowest BCUT2D eigenvalue weighted by Gasteiger charge is -2.07. The maximum absolute atomic E-state index is 6.02. The molecule has 2 nitrogen and oxygen atoms in total. The topological polar surface area (TPSA) is 22.1 Å². The van der Waals surface area contributed by atoms with Gasteiger partial charge in [-0.15, -0.1) is 0 Å². The fourth-order valence-electron chi connectivity index (χ4n) is 1.36. The van der Waals surface area contributed by atoms with Crippen molar-refractivity contribution in [2.24, 2.45) is 0 Å². The van der Waals surface area contributed by atoms with Crippen LogP contribution in [-0.2, 0) is 0 Å². The summed E-state index contributed by atoms with van der Waals surface area (Å²) in [7, 11) is 1.59. The molecular weight excluding hydrogens is 221 g/mol. The van der Waals surface area contributed by atoms with E-state index in [1.54, 1.807) is 25.4 Å². The zero-order valence-electron chi connectivity index (χ0n) is 7.42. The van der Waals surface area contributed by atoms with Crippen molar-refractivity contribution in [3.05, 3.63) is 34.6 Å². The Morgan fingerprint density at radius 1 is 1.21 bits per heavy atom. The van der Waals surface area contributed by atoms with Gasteiger partial charge in [-0.3, -0.25) is 0 Å². The number of nitrogens with zero attached hydrogens (tertiary/aromatic N) is 1. The molecule has 72 valence electrons. The number of methoxy groups -OCH3 is 1. The predicted octanol–water partition coefficient (Wildman–Crippen LogP) is 3.55. The van der Waals surface area contributed by atoms with Crippen LogP contribution in [0.2, 0.25) is 10.2 Å². The number of halogens is 2. The molecule has 0 spiro atoms. The van der Waals surface area contributed by atoms with Crippen molar-refractivity contribution in [2.75, 3.05) is 7.11 Å². The monoisotopic (exact) mass is 227 g/mol. The van der Waals surface area contributed by atoms with Crippen LogP contribution in [0.25, 0.3) is 10.8 Å². The van der Waals surface area contributed by atoms with Gasteiger partial charge < -0.3 is 4.74 Å². The number of fused-ring (bicyclic) bond motifs is 1. The zero-order valence-corrected chi connectivity index (χ0v) is 8.93. The average molecular weight is 228 g/mol. The summed E-state index contributed by atoms with van der Waals surface area (Å²) in [5.74, 6) is 0.683. The lowest BCUT2D eigenvalue weighted by molar-refractivity contribution is 0.420. The highest BCUT2D eigenvalue weighted by Gasteiger charge is 2.08. The molecule has 0 saturated heterocycles. The standard InChI is InChI=1S/C10H7Cl2NO/c1-14-8-3-2-7(11)6-4-5-13-10(12)9(6)8/h2-5H,1H3.